The fourth-order valence-electron chi connectivity index (χ4n) is 4.26. The molecule has 0 bridgehead atoms. The van der Waals surface area contributed by atoms with Crippen molar-refractivity contribution in [3.05, 3.63) is 48.4 Å². The summed E-state index contributed by atoms with van der Waals surface area (Å²) in [6.07, 6.45) is 8.29. The van der Waals surface area contributed by atoms with Crippen molar-refractivity contribution in [1.29, 1.82) is 0 Å². The number of aromatic nitrogens is 2. The van der Waals surface area contributed by atoms with E-state index in [1.165, 1.54) is 11.3 Å². The molecule has 2 aliphatic heterocycles. The van der Waals surface area contributed by atoms with Crippen LogP contribution in [0, 0.1) is 5.92 Å². The lowest BCUT2D eigenvalue weighted by molar-refractivity contribution is -0.126. The van der Waals surface area contributed by atoms with E-state index >= 15 is 0 Å². The third-order valence-electron chi connectivity index (χ3n) is 5.76. The van der Waals surface area contributed by atoms with Crippen LogP contribution in [-0.2, 0) is 11.2 Å². The number of benzene rings is 1. The van der Waals surface area contributed by atoms with E-state index in [1.807, 2.05) is 6.20 Å². The maximum absolute atomic E-state index is 13.0. The zero-order valence-corrected chi connectivity index (χ0v) is 14.7. The van der Waals surface area contributed by atoms with Gasteiger partial charge in [0.1, 0.15) is 5.82 Å². The fourth-order valence-corrected chi connectivity index (χ4v) is 4.26. The van der Waals surface area contributed by atoms with Crippen LogP contribution in [0.4, 0.5) is 11.5 Å². The van der Waals surface area contributed by atoms with E-state index in [9.17, 15) is 4.79 Å². The Hall–Kier alpha value is -2.63. The van der Waals surface area contributed by atoms with Gasteiger partial charge in [-0.05, 0) is 30.9 Å². The molecule has 1 saturated heterocycles. The Labute approximate surface area is 153 Å². The molecule has 3 aliphatic rings. The lowest BCUT2D eigenvalue weighted by Crippen LogP contribution is -2.61. The Balaban J connectivity index is 1.45. The monoisotopic (exact) mass is 349 g/mol. The summed E-state index contributed by atoms with van der Waals surface area (Å²) in [5.41, 5.74) is 2.57. The van der Waals surface area contributed by atoms with Crippen LogP contribution in [0.25, 0.3) is 0 Å². The van der Waals surface area contributed by atoms with Gasteiger partial charge in [0.05, 0.1) is 18.2 Å². The summed E-state index contributed by atoms with van der Waals surface area (Å²) in [7, 11) is 0. The Morgan fingerprint density at radius 3 is 2.85 bits per heavy atom. The molecule has 1 aromatic heterocycles. The number of carbonyl (C=O) groups excluding carboxylic acids is 1. The molecular weight excluding hydrogens is 326 g/mol. The van der Waals surface area contributed by atoms with E-state index in [4.69, 9.17) is 0 Å². The molecule has 5 rings (SSSR count). The molecule has 1 N–H and O–H groups in total. The van der Waals surface area contributed by atoms with E-state index in [1.54, 1.807) is 12.4 Å². The minimum Gasteiger partial charge on any atom is -0.364 e. The normalized spacial score (nSPS) is 24.6. The number of para-hydroxylation sites is 1. The molecule has 2 aromatic rings. The Morgan fingerprint density at radius 2 is 2.04 bits per heavy atom. The first-order valence-electron chi connectivity index (χ1n) is 9.45. The van der Waals surface area contributed by atoms with Crippen molar-refractivity contribution in [3.63, 3.8) is 0 Å². The van der Waals surface area contributed by atoms with Gasteiger partial charge in [-0.1, -0.05) is 18.2 Å². The molecule has 2 fully saturated rings. The summed E-state index contributed by atoms with van der Waals surface area (Å²) in [6.45, 7) is 2.59. The number of fused-ring (bicyclic) bond motifs is 3. The molecule has 1 aliphatic carbocycles. The average Bonchev–Trinajstić information content (AvgIpc) is 3.51. The molecule has 2 unspecified atom stereocenters. The summed E-state index contributed by atoms with van der Waals surface area (Å²) in [5.74, 6) is 1.08. The van der Waals surface area contributed by atoms with Crippen molar-refractivity contribution in [2.24, 2.45) is 5.92 Å². The van der Waals surface area contributed by atoms with Gasteiger partial charge in [0.15, 0.2) is 0 Å². The first kappa shape index (κ1) is 15.6. The SMILES string of the molecule is O=C(NC1CC1)C1Cc2ccccc2N2CCN(c3cnccn3)CC12. The first-order valence-corrected chi connectivity index (χ1v) is 9.45. The summed E-state index contributed by atoms with van der Waals surface area (Å²) in [5, 5.41) is 3.23. The summed E-state index contributed by atoms with van der Waals surface area (Å²) in [6, 6.07) is 9.08. The Morgan fingerprint density at radius 1 is 1.15 bits per heavy atom. The zero-order chi connectivity index (χ0) is 17.5. The number of carbonyl (C=O) groups is 1. The van der Waals surface area contributed by atoms with Crippen molar-refractivity contribution in [1.82, 2.24) is 15.3 Å². The highest BCUT2D eigenvalue weighted by Crippen LogP contribution is 2.37. The molecule has 6 nitrogen and oxygen atoms in total. The highest BCUT2D eigenvalue weighted by Gasteiger charge is 2.42. The minimum absolute atomic E-state index is 0.0232. The number of rotatable bonds is 3. The van der Waals surface area contributed by atoms with Gasteiger partial charge < -0.3 is 15.1 Å². The standard InChI is InChI=1S/C20H23N5O/c26-20(23-15-5-6-15)16-11-14-3-1-2-4-17(14)25-10-9-24(13-18(16)25)19-12-21-7-8-22-19/h1-4,7-8,12,15-16,18H,5-6,9-11,13H2,(H,23,26). The third kappa shape index (κ3) is 2.79. The molecule has 0 radical (unpaired) electrons. The molecule has 134 valence electrons. The van der Waals surface area contributed by atoms with Crippen LogP contribution in [0.2, 0.25) is 0 Å². The number of amides is 1. The minimum atomic E-state index is -0.0232. The third-order valence-corrected chi connectivity index (χ3v) is 5.76. The van der Waals surface area contributed by atoms with Crippen LogP contribution in [0.5, 0.6) is 0 Å². The zero-order valence-electron chi connectivity index (χ0n) is 14.7. The Bertz CT molecular complexity index is 807. The highest BCUT2D eigenvalue weighted by atomic mass is 16.2. The largest absolute Gasteiger partial charge is 0.364 e. The van der Waals surface area contributed by atoms with Crippen molar-refractivity contribution in [2.75, 3.05) is 29.4 Å². The lowest BCUT2D eigenvalue weighted by atomic mass is 9.83. The van der Waals surface area contributed by atoms with Gasteiger partial charge in [-0.2, -0.15) is 0 Å². The number of hydrogen-bond donors (Lipinski definition) is 1. The van der Waals surface area contributed by atoms with Gasteiger partial charge in [0.25, 0.3) is 0 Å². The van der Waals surface area contributed by atoms with Crippen molar-refractivity contribution < 1.29 is 4.79 Å². The number of nitrogens with zero attached hydrogens (tertiary/aromatic N) is 4. The van der Waals surface area contributed by atoms with Gasteiger partial charge in [0.2, 0.25) is 5.91 Å². The van der Waals surface area contributed by atoms with Crippen LogP contribution < -0.4 is 15.1 Å². The van der Waals surface area contributed by atoms with Crippen LogP contribution >= 0.6 is 0 Å². The lowest BCUT2D eigenvalue weighted by Gasteiger charge is -2.49. The maximum atomic E-state index is 13.0. The maximum Gasteiger partial charge on any atom is 0.225 e. The van der Waals surface area contributed by atoms with Gasteiger partial charge >= 0.3 is 0 Å². The number of nitrogens with one attached hydrogen (secondary N) is 1. The van der Waals surface area contributed by atoms with Gasteiger partial charge in [-0.3, -0.25) is 9.78 Å². The smallest absolute Gasteiger partial charge is 0.225 e. The second-order valence-electron chi connectivity index (χ2n) is 7.49. The molecule has 6 heteroatoms. The van der Waals surface area contributed by atoms with E-state index in [2.05, 4.69) is 49.4 Å². The molecule has 26 heavy (non-hydrogen) atoms. The van der Waals surface area contributed by atoms with Gasteiger partial charge in [-0.25, -0.2) is 4.98 Å². The van der Waals surface area contributed by atoms with Crippen LogP contribution in [0.3, 0.4) is 0 Å². The first-order chi connectivity index (χ1) is 12.8. The van der Waals surface area contributed by atoms with Crippen molar-refractivity contribution in [2.45, 2.75) is 31.3 Å². The van der Waals surface area contributed by atoms with Crippen molar-refractivity contribution in [3.8, 4) is 0 Å². The second-order valence-corrected chi connectivity index (χ2v) is 7.49. The molecular formula is C20H23N5O. The topological polar surface area (TPSA) is 61.4 Å². The highest BCUT2D eigenvalue weighted by molar-refractivity contribution is 5.82. The molecule has 2 atom stereocenters. The van der Waals surface area contributed by atoms with Crippen LogP contribution in [-0.4, -0.2) is 47.6 Å². The van der Waals surface area contributed by atoms with E-state index in [0.29, 0.717) is 6.04 Å². The molecule has 1 saturated carbocycles. The molecule has 3 heterocycles. The predicted octanol–water partition coefficient (Wildman–Crippen LogP) is 1.62. The van der Waals surface area contributed by atoms with E-state index < -0.39 is 0 Å². The number of anilines is 2. The van der Waals surface area contributed by atoms with Gasteiger partial charge in [-0.15, -0.1) is 0 Å². The number of hydrogen-bond acceptors (Lipinski definition) is 5. The Kier molecular flexibility index (Phi) is 3.76. The quantitative estimate of drug-likeness (QED) is 0.912. The van der Waals surface area contributed by atoms with E-state index in [-0.39, 0.29) is 17.9 Å². The van der Waals surface area contributed by atoms with E-state index in [0.717, 1.165) is 44.7 Å². The molecule has 1 amide bonds. The number of piperazine rings is 1. The summed E-state index contributed by atoms with van der Waals surface area (Å²) in [4.78, 5) is 26.3. The summed E-state index contributed by atoms with van der Waals surface area (Å²) < 4.78 is 0. The van der Waals surface area contributed by atoms with Crippen LogP contribution in [0.1, 0.15) is 18.4 Å². The average molecular weight is 349 g/mol. The summed E-state index contributed by atoms with van der Waals surface area (Å²) >= 11 is 0. The molecule has 0 spiro atoms. The molecule has 1 aromatic carbocycles. The fraction of sp³-hybridized carbons (Fsp3) is 0.450. The van der Waals surface area contributed by atoms with Crippen molar-refractivity contribution >= 4 is 17.4 Å². The predicted molar refractivity (Wildman–Crippen MR) is 100 cm³/mol. The van der Waals surface area contributed by atoms with Crippen LogP contribution in [0.15, 0.2) is 42.9 Å². The van der Waals surface area contributed by atoms with Gasteiger partial charge in [0, 0.05) is 43.8 Å². The second kappa shape index (κ2) is 6.27.